The van der Waals surface area contributed by atoms with E-state index in [0.717, 1.165) is 16.9 Å². The molecule has 1 N–H and O–H groups in total. The minimum absolute atomic E-state index is 0.0537. The molecule has 0 unspecified atom stereocenters. The molecule has 0 aliphatic rings. The molecule has 25 heavy (non-hydrogen) atoms. The van der Waals surface area contributed by atoms with Crippen molar-refractivity contribution in [2.45, 2.75) is 60.1 Å². The Kier molecular flexibility index (Phi) is 6.24. The van der Waals surface area contributed by atoms with E-state index in [9.17, 15) is 4.79 Å². The van der Waals surface area contributed by atoms with E-state index in [1.165, 1.54) is 16.7 Å². The van der Waals surface area contributed by atoms with Gasteiger partial charge >= 0.3 is 0 Å². The average Bonchev–Trinajstić information content (AvgIpc) is 2.55. The summed E-state index contributed by atoms with van der Waals surface area (Å²) >= 11 is 0. The van der Waals surface area contributed by atoms with Gasteiger partial charge in [0.25, 0.3) is 5.91 Å². The maximum absolute atomic E-state index is 12.7. The van der Waals surface area contributed by atoms with Crippen LogP contribution in [0.1, 0.15) is 54.1 Å². The van der Waals surface area contributed by atoms with E-state index in [1.54, 1.807) is 0 Å². The first-order valence-corrected chi connectivity index (χ1v) is 8.93. The number of hydrogen-bond acceptors (Lipinski definition) is 2. The first-order valence-electron chi connectivity index (χ1n) is 8.93. The summed E-state index contributed by atoms with van der Waals surface area (Å²) in [6.45, 7) is 12.3. The molecule has 0 aliphatic heterocycles. The predicted octanol–water partition coefficient (Wildman–Crippen LogP) is 4.96. The molecule has 2 atom stereocenters. The molecule has 0 aromatic heterocycles. The van der Waals surface area contributed by atoms with Crippen LogP contribution in [0.15, 0.2) is 36.4 Å². The molecule has 0 heterocycles. The highest BCUT2D eigenvalue weighted by Gasteiger charge is 2.21. The van der Waals surface area contributed by atoms with Gasteiger partial charge in [-0.05, 0) is 81.0 Å². The summed E-state index contributed by atoms with van der Waals surface area (Å²) in [6.07, 6.45) is 0.134. The van der Waals surface area contributed by atoms with Gasteiger partial charge in [-0.3, -0.25) is 4.79 Å². The van der Waals surface area contributed by atoms with Gasteiger partial charge in [-0.15, -0.1) is 0 Å². The van der Waals surface area contributed by atoms with Gasteiger partial charge < -0.3 is 10.1 Å². The van der Waals surface area contributed by atoms with Crippen molar-refractivity contribution in [3.8, 4) is 5.75 Å². The zero-order chi connectivity index (χ0) is 18.6. The second-order valence-corrected chi connectivity index (χ2v) is 6.85. The first kappa shape index (κ1) is 19.0. The summed E-state index contributed by atoms with van der Waals surface area (Å²) in [7, 11) is 0. The lowest BCUT2D eigenvalue weighted by Gasteiger charge is -2.22. The van der Waals surface area contributed by atoms with Gasteiger partial charge in [0.2, 0.25) is 0 Å². The fraction of sp³-hybridized carbons (Fsp3) is 0.409. The van der Waals surface area contributed by atoms with Gasteiger partial charge in [-0.25, -0.2) is 0 Å². The van der Waals surface area contributed by atoms with Crippen molar-refractivity contribution in [3.05, 3.63) is 64.2 Å². The summed E-state index contributed by atoms with van der Waals surface area (Å²) < 4.78 is 5.90. The van der Waals surface area contributed by atoms with Crippen molar-refractivity contribution in [2.75, 3.05) is 0 Å². The number of rotatable bonds is 6. The molecule has 2 aromatic rings. The lowest BCUT2D eigenvalue weighted by atomic mass is 9.96. The topological polar surface area (TPSA) is 38.3 Å². The zero-order valence-electron chi connectivity index (χ0n) is 16.1. The molecule has 3 nitrogen and oxygen atoms in total. The Balaban J connectivity index is 2.09. The molecule has 0 spiro atoms. The van der Waals surface area contributed by atoms with E-state index in [4.69, 9.17) is 4.74 Å². The maximum atomic E-state index is 12.7. The molecule has 0 saturated carbocycles. The predicted molar refractivity (Wildman–Crippen MR) is 103 cm³/mol. The number of benzene rings is 2. The third-order valence-corrected chi connectivity index (χ3v) is 4.64. The van der Waals surface area contributed by atoms with Crippen molar-refractivity contribution in [2.24, 2.45) is 0 Å². The molecule has 0 aliphatic carbocycles. The van der Waals surface area contributed by atoms with E-state index in [1.807, 2.05) is 45.0 Å². The van der Waals surface area contributed by atoms with Gasteiger partial charge in [-0.2, -0.15) is 0 Å². The van der Waals surface area contributed by atoms with E-state index in [0.29, 0.717) is 6.42 Å². The van der Waals surface area contributed by atoms with Crippen LogP contribution in [0.2, 0.25) is 0 Å². The lowest BCUT2D eigenvalue weighted by Crippen LogP contribution is -2.39. The summed E-state index contributed by atoms with van der Waals surface area (Å²) in [4.78, 5) is 12.7. The number of amides is 1. The Morgan fingerprint density at radius 3 is 2.36 bits per heavy atom. The van der Waals surface area contributed by atoms with E-state index < -0.39 is 6.10 Å². The normalized spacial score (nSPS) is 13.2. The molecule has 0 saturated heterocycles. The minimum atomic E-state index is -0.490. The Hall–Kier alpha value is -2.29. The summed E-state index contributed by atoms with van der Waals surface area (Å²) in [5.41, 5.74) is 5.98. The average molecular weight is 339 g/mol. The molecule has 1 amide bonds. The highest BCUT2D eigenvalue weighted by atomic mass is 16.5. The number of aryl methyl sites for hydroxylation is 4. The quantitative estimate of drug-likeness (QED) is 0.808. The number of carbonyl (C=O) groups excluding carboxylic acids is 1. The molecule has 0 bridgehead atoms. The lowest BCUT2D eigenvalue weighted by molar-refractivity contribution is -0.128. The fourth-order valence-electron chi connectivity index (χ4n) is 3.01. The van der Waals surface area contributed by atoms with Crippen LogP contribution in [-0.2, 0) is 4.79 Å². The van der Waals surface area contributed by atoms with E-state index >= 15 is 0 Å². The summed E-state index contributed by atoms with van der Waals surface area (Å²) in [5.74, 6) is 0.658. The third kappa shape index (κ3) is 4.85. The van der Waals surface area contributed by atoms with Crippen molar-refractivity contribution in [1.29, 1.82) is 0 Å². The highest BCUT2D eigenvalue weighted by Crippen LogP contribution is 2.22. The fourth-order valence-corrected chi connectivity index (χ4v) is 3.01. The standard InChI is InChI=1S/C22H29NO2/c1-7-21(25-19-10-8-9-14(2)11-19)22(24)23-18(6)20-13-16(4)15(3)12-17(20)5/h8-13,18,21H,7H2,1-6H3,(H,23,24)/t18-,21-/m1/s1. The molecule has 2 aromatic carbocycles. The maximum Gasteiger partial charge on any atom is 0.261 e. The summed E-state index contributed by atoms with van der Waals surface area (Å²) in [5, 5.41) is 3.11. The molecular weight excluding hydrogens is 310 g/mol. The van der Waals surface area contributed by atoms with Crippen molar-refractivity contribution < 1.29 is 9.53 Å². The highest BCUT2D eigenvalue weighted by molar-refractivity contribution is 5.81. The van der Waals surface area contributed by atoms with Gasteiger partial charge in [0.15, 0.2) is 6.10 Å². The largest absolute Gasteiger partial charge is 0.481 e. The van der Waals surface area contributed by atoms with Gasteiger partial charge in [0.05, 0.1) is 6.04 Å². The van der Waals surface area contributed by atoms with Gasteiger partial charge in [-0.1, -0.05) is 31.2 Å². The monoisotopic (exact) mass is 339 g/mol. The summed E-state index contributed by atoms with van der Waals surface area (Å²) in [6, 6.07) is 12.1. The Bertz CT molecular complexity index is 752. The number of nitrogens with one attached hydrogen (secondary N) is 1. The van der Waals surface area contributed by atoms with Crippen LogP contribution >= 0.6 is 0 Å². The Morgan fingerprint density at radius 1 is 1.04 bits per heavy atom. The Labute approximate surface area is 151 Å². The van der Waals surface area contributed by atoms with Crippen LogP contribution < -0.4 is 10.1 Å². The number of ether oxygens (including phenoxy) is 1. The molecule has 134 valence electrons. The second-order valence-electron chi connectivity index (χ2n) is 6.85. The van der Waals surface area contributed by atoms with Crippen LogP contribution in [0, 0.1) is 27.7 Å². The smallest absolute Gasteiger partial charge is 0.261 e. The minimum Gasteiger partial charge on any atom is -0.481 e. The van der Waals surface area contributed by atoms with E-state index in [2.05, 4.69) is 38.2 Å². The molecule has 3 heteroatoms. The molecule has 0 radical (unpaired) electrons. The second kappa shape index (κ2) is 8.19. The molecule has 2 rings (SSSR count). The SMILES string of the molecule is CC[C@@H](Oc1cccc(C)c1)C(=O)N[C@H](C)c1cc(C)c(C)cc1C. The van der Waals surface area contributed by atoms with Crippen LogP contribution in [-0.4, -0.2) is 12.0 Å². The Morgan fingerprint density at radius 2 is 1.72 bits per heavy atom. The molecular formula is C22H29NO2. The third-order valence-electron chi connectivity index (χ3n) is 4.64. The van der Waals surface area contributed by atoms with Crippen molar-refractivity contribution in [3.63, 3.8) is 0 Å². The van der Waals surface area contributed by atoms with Crippen LogP contribution in [0.25, 0.3) is 0 Å². The number of hydrogen-bond donors (Lipinski definition) is 1. The first-order chi connectivity index (χ1) is 11.8. The van der Waals surface area contributed by atoms with Crippen LogP contribution in [0.5, 0.6) is 5.75 Å². The van der Waals surface area contributed by atoms with Crippen LogP contribution in [0.3, 0.4) is 0 Å². The van der Waals surface area contributed by atoms with Crippen molar-refractivity contribution in [1.82, 2.24) is 5.32 Å². The molecule has 0 fully saturated rings. The van der Waals surface area contributed by atoms with Crippen LogP contribution in [0.4, 0.5) is 0 Å². The number of carbonyl (C=O) groups is 1. The van der Waals surface area contributed by atoms with Gasteiger partial charge in [0.1, 0.15) is 5.75 Å². The zero-order valence-corrected chi connectivity index (χ0v) is 16.1. The van der Waals surface area contributed by atoms with Crippen molar-refractivity contribution >= 4 is 5.91 Å². The van der Waals surface area contributed by atoms with E-state index in [-0.39, 0.29) is 11.9 Å². The van der Waals surface area contributed by atoms with Gasteiger partial charge in [0, 0.05) is 0 Å².